The van der Waals surface area contributed by atoms with Crippen molar-refractivity contribution >= 4 is 17.3 Å². The van der Waals surface area contributed by atoms with Gasteiger partial charge in [0.1, 0.15) is 5.69 Å². The van der Waals surface area contributed by atoms with Crippen LogP contribution in [0.2, 0.25) is 0 Å². The van der Waals surface area contributed by atoms with E-state index in [1.165, 1.54) is 18.2 Å². The maximum Gasteiger partial charge on any atom is 0.338 e. The van der Waals surface area contributed by atoms with Gasteiger partial charge >= 0.3 is 5.97 Å². The lowest BCUT2D eigenvalue weighted by Crippen LogP contribution is -2.12. The topological polar surface area (TPSA) is 112 Å². The van der Waals surface area contributed by atoms with E-state index in [-0.39, 0.29) is 23.7 Å². The highest BCUT2D eigenvalue weighted by Crippen LogP contribution is 2.28. The standard InChI is InChI=1S/C18H16N4O5/c1-21(2)14-9-8-13(10-15(14)22(24)25)18(23)26-11-16-19-17(20-27-16)12-6-4-3-5-7-12/h3-10H,11H2,1-2H3. The van der Waals surface area contributed by atoms with E-state index >= 15 is 0 Å². The summed E-state index contributed by atoms with van der Waals surface area (Å²) >= 11 is 0. The minimum Gasteiger partial charge on any atom is -0.452 e. The molecule has 9 heteroatoms. The highest BCUT2D eigenvalue weighted by Gasteiger charge is 2.20. The van der Waals surface area contributed by atoms with E-state index in [1.807, 2.05) is 30.3 Å². The number of nitrogens with zero attached hydrogens (tertiary/aromatic N) is 4. The summed E-state index contributed by atoms with van der Waals surface area (Å²) < 4.78 is 10.2. The molecule has 0 unspecified atom stereocenters. The van der Waals surface area contributed by atoms with Gasteiger partial charge in [-0.1, -0.05) is 35.5 Å². The van der Waals surface area contributed by atoms with Crippen molar-refractivity contribution in [3.05, 3.63) is 70.1 Å². The largest absolute Gasteiger partial charge is 0.452 e. The number of rotatable bonds is 6. The van der Waals surface area contributed by atoms with Gasteiger partial charge in [-0.05, 0) is 12.1 Å². The first-order valence-corrected chi connectivity index (χ1v) is 7.96. The number of nitro groups is 1. The predicted octanol–water partition coefficient (Wildman–Crippen LogP) is 3.07. The number of ether oxygens (including phenoxy) is 1. The first-order chi connectivity index (χ1) is 13.0. The lowest BCUT2D eigenvalue weighted by atomic mass is 10.1. The third-order valence-electron chi connectivity index (χ3n) is 3.72. The summed E-state index contributed by atoms with van der Waals surface area (Å²) in [5.41, 5.74) is 1.04. The Morgan fingerprint density at radius 1 is 1.22 bits per heavy atom. The fraction of sp³-hybridized carbons (Fsp3) is 0.167. The molecule has 0 saturated carbocycles. The quantitative estimate of drug-likeness (QED) is 0.371. The van der Waals surface area contributed by atoms with E-state index in [0.29, 0.717) is 11.5 Å². The van der Waals surface area contributed by atoms with E-state index in [0.717, 1.165) is 5.56 Å². The Bertz CT molecular complexity index is 969. The number of hydrogen-bond donors (Lipinski definition) is 0. The zero-order chi connectivity index (χ0) is 19.4. The van der Waals surface area contributed by atoms with Gasteiger partial charge in [-0.2, -0.15) is 4.98 Å². The second kappa shape index (κ2) is 7.65. The Hall–Kier alpha value is -3.75. The second-order valence-corrected chi connectivity index (χ2v) is 5.81. The third kappa shape index (κ3) is 4.09. The normalized spacial score (nSPS) is 10.4. The number of carbonyl (C=O) groups excluding carboxylic acids is 1. The van der Waals surface area contributed by atoms with Gasteiger partial charge < -0.3 is 14.2 Å². The molecular weight excluding hydrogens is 352 g/mol. The number of esters is 1. The van der Waals surface area contributed by atoms with Crippen LogP contribution in [0.1, 0.15) is 16.2 Å². The van der Waals surface area contributed by atoms with Crippen molar-refractivity contribution in [3.63, 3.8) is 0 Å². The van der Waals surface area contributed by atoms with Gasteiger partial charge in [-0.25, -0.2) is 4.79 Å². The summed E-state index contributed by atoms with van der Waals surface area (Å²) in [6.45, 7) is -0.234. The molecule has 0 atom stereocenters. The summed E-state index contributed by atoms with van der Waals surface area (Å²) in [4.78, 5) is 28.6. The molecule has 0 aliphatic carbocycles. The van der Waals surface area contributed by atoms with E-state index in [2.05, 4.69) is 10.1 Å². The first kappa shape index (κ1) is 18.1. The molecule has 3 aromatic rings. The Labute approximate surface area is 154 Å². The van der Waals surface area contributed by atoms with Crippen LogP contribution in [0.25, 0.3) is 11.4 Å². The van der Waals surface area contributed by atoms with Crippen molar-refractivity contribution in [1.82, 2.24) is 10.1 Å². The molecule has 0 aliphatic rings. The van der Waals surface area contributed by atoms with Crippen molar-refractivity contribution in [2.75, 3.05) is 19.0 Å². The number of hydrogen-bond acceptors (Lipinski definition) is 8. The molecule has 0 aliphatic heterocycles. The average molecular weight is 368 g/mol. The Kier molecular flexibility index (Phi) is 5.11. The van der Waals surface area contributed by atoms with Gasteiger partial charge in [0.2, 0.25) is 5.82 Å². The zero-order valence-corrected chi connectivity index (χ0v) is 14.7. The van der Waals surface area contributed by atoms with Crippen LogP contribution in [0, 0.1) is 10.1 Å². The average Bonchev–Trinajstić information content (AvgIpc) is 3.15. The van der Waals surface area contributed by atoms with Crippen LogP contribution in [-0.4, -0.2) is 35.1 Å². The van der Waals surface area contributed by atoms with Crippen molar-refractivity contribution in [2.24, 2.45) is 0 Å². The Morgan fingerprint density at radius 2 is 1.96 bits per heavy atom. The maximum absolute atomic E-state index is 12.2. The van der Waals surface area contributed by atoms with E-state index in [9.17, 15) is 14.9 Å². The summed E-state index contributed by atoms with van der Waals surface area (Å²) in [5.74, 6) is -0.211. The fourth-order valence-corrected chi connectivity index (χ4v) is 2.40. The molecule has 1 aromatic heterocycles. The SMILES string of the molecule is CN(C)c1ccc(C(=O)OCc2nc(-c3ccccc3)no2)cc1[N+](=O)[O-]. The van der Waals surface area contributed by atoms with Crippen LogP contribution in [0.15, 0.2) is 53.1 Å². The number of nitro benzene ring substituents is 1. The molecule has 0 bridgehead atoms. The van der Waals surface area contributed by atoms with Gasteiger partial charge in [0.25, 0.3) is 11.6 Å². The van der Waals surface area contributed by atoms with Gasteiger partial charge in [-0.15, -0.1) is 0 Å². The van der Waals surface area contributed by atoms with E-state index in [4.69, 9.17) is 9.26 Å². The third-order valence-corrected chi connectivity index (χ3v) is 3.72. The van der Waals surface area contributed by atoms with Crippen LogP contribution >= 0.6 is 0 Å². The van der Waals surface area contributed by atoms with Crippen LogP contribution in [0.4, 0.5) is 11.4 Å². The van der Waals surface area contributed by atoms with E-state index < -0.39 is 10.9 Å². The van der Waals surface area contributed by atoms with Crippen LogP contribution in [-0.2, 0) is 11.3 Å². The summed E-state index contributed by atoms with van der Waals surface area (Å²) in [6, 6.07) is 13.3. The van der Waals surface area contributed by atoms with Gasteiger partial charge in [0, 0.05) is 25.7 Å². The Balaban J connectivity index is 1.70. The van der Waals surface area contributed by atoms with Gasteiger partial charge in [0.05, 0.1) is 10.5 Å². The summed E-state index contributed by atoms with van der Waals surface area (Å²) in [6.07, 6.45) is 0. The molecule has 0 saturated heterocycles. The number of carbonyl (C=O) groups is 1. The zero-order valence-electron chi connectivity index (χ0n) is 14.7. The van der Waals surface area contributed by atoms with Crippen LogP contribution in [0.5, 0.6) is 0 Å². The lowest BCUT2D eigenvalue weighted by Gasteiger charge is -2.13. The Morgan fingerprint density at radius 3 is 2.63 bits per heavy atom. The van der Waals surface area contributed by atoms with E-state index in [1.54, 1.807) is 19.0 Å². The minimum absolute atomic E-state index is 0.0649. The molecule has 2 aromatic carbocycles. The van der Waals surface area contributed by atoms with Gasteiger partial charge in [-0.3, -0.25) is 10.1 Å². The van der Waals surface area contributed by atoms with Crippen molar-refractivity contribution in [2.45, 2.75) is 6.61 Å². The molecule has 0 fully saturated rings. The molecule has 1 heterocycles. The van der Waals surface area contributed by atoms with Crippen molar-refractivity contribution in [3.8, 4) is 11.4 Å². The first-order valence-electron chi connectivity index (χ1n) is 7.96. The van der Waals surface area contributed by atoms with Crippen molar-refractivity contribution in [1.29, 1.82) is 0 Å². The summed E-state index contributed by atoms with van der Waals surface area (Å²) in [5, 5.41) is 15.0. The molecule has 0 radical (unpaired) electrons. The minimum atomic E-state index is -0.720. The van der Waals surface area contributed by atoms with Crippen LogP contribution < -0.4 is 4.90 Å². The predicted molar refractivity (Wildman–Crippen MR) is 96.3 cm³/mol. The number of anilines is 1. The lowest BCUT2D eigenvalue weighted by molar-refractivity contribution is -0.384. The second-order valence-electron chi connectivity index (χ2n) is 5.81. The molecule has 138 valence electrons. The molecule has 9 nitrogen and oxygen atoms in total. The highest BCUT2D eigenvalue weighted by atomic mass is 16.6. The summed E-state index contributed by atoms with van der Waals surface area (Å²) in [7, 11) is 3.36. The molecule has 0 spiro atoms. The monoisotopic (exact) mass is 368 g/mol. The van der Waals surface area contributed by atoms with Gasteiger partial charge in [0.15, 0.2) is 6.61 Å². The molecule has 3 rings (SSSR count). The smallest absolute Gasteiger partial charge is 0.338 e. The number of aromatic nitrogens is 2. The number of benzene rings is 2. The molecule has 0 N–H and O–H groups in total. The van der Waals surface area contributed by atoms with Crippen molar-refractivity contribution < 1.29 is 19.0 Å². The molecule has 27 heavy (non-hydrogen) atoms. The maximum atomic E-state index is 12.2. The highest BCUT2D eigenvalue weighted by molar-refractivity contribution is 5.91. The fourth-order valence-electron chi connectivity index (χ4n) is 2.40. The van der Waals surface area contributed by atoms with Crippen LogP contribution in [0.3, 0.4) is 0 Å². The molecule has 0 amide bonds. The molecular formula is C18H16N4O5.